The number of carboxylic acid groups (broad SMARTS) is 1. The van der Waals surface area contributed by atoms with Gasteiger partial charge in [0, 0.05) is 12.4 Å². The Hall–Kier alpha value is -1.51. The van der Waals surface area contributed by atoms with Gasteiger partial charge in [-0.3, -0.25) is 4.79 Å². The largest absolute Gasteiger partial charge is 0.481 e. The molecule has 0 saturated heterocycles. The molecule has 0 aliphatic carbocycles. The number of hydrogen-bond acceptors (Lipinski definition) is 2. The summed E-state index contributed by atoms with van der Waals surface area (Å²) >= 11 is 0. The van der Waals surface area contributed by atoms with Gasteiger partial charge in [-0.15, -0.1) is 0 Å². The smallest absolute Gasteiger partial charge is 0.306 e. The number of nitrogens with one attached hydrogen (secondary N) is 1. The normalized spacial score (nSPS) is 13.5. The standard InChI is InChI=1S/C16H32O2.C6H7N/c1-3-5-7-8-9-10-12-14-15(16(17)18)13-11-6-4-2;1-2-4-6-7-5-3-1/h15H,3-14H2,1-2H3,(H,17,18);1-7H. The van der Waals surface area contributed by atoms with Crippen LogP contribution in [0.2, 0.25) is 0 Å². The van der Waals surface area contributed by atoms with Crippen LogP contribution < -0.4 is 5.32 Å². The molecule has 0 saturated carbocycles. The minimum Gasteiger partial charge on any atom is -0.481 e. The summed E-state index contributed by atoms with van der Waals surface area (Å²) in [5.74, 6) is -0.677. The highest BCUT2D eigenvalue weighted by Gasteiger charge is 2.15. The summed E-state index contributed by atoms with van der Waals surface area (Å²) in [7, 11) is 0. The van der Waals surface area contributed by atoms with Crippen LogP contribution in [-0.4, -0.2) is 11.1 Å². The monoisotopic (exact) mass is 349 g/mol. The van der Waals surface area contributed by atoms with Crippen molar-refractivity contribution in [2.45, 2.75) is 90.9 Å². The zero-order valence-corrected chi connectivity index (χ0v) is 16.4. The molecular weight excluding hydrogens is 310 g/mol. The molecule has 1 unspecified atom stereocenters. The zero-order chi connectivity index (χ0) is 18.6. The van der Waals surface area contributed by atoms with Gasteiger partial charge < -0.3 is 10.4 Å². The highest BCUT2D eigenvalue weighted by molar-refractivity contribution is 5.69. The molecule has 0 aromatic rings. The van der Waals surface area contributed by atoms with Crippen molar-refractivity contribution in [1.29, 1.82) is 0 Å². The first kappa shape index (κ1) is 23.5. The van der Waals surface area contributed by atoms with E-state index in [0.29, 0.717) is 0 Å². The van der Waals surface area contributed by atoms with Gasteiger partial charge in [0.15, 0.2) is 0 Å². The van der Waals surface area contributed by atoms with Gasteiger partial charge in [-0.1, -0.05) is 90.2 Å². The zero-order valence-electron chi connectivity index (χ0n) is 16.4. The van der Waals surface area contributed by atoms with Crippen LogP contribution in [0.4, 0.5) is 0 Å². The first-order valence-corrected chi connectivity index (χ1v) is 10.2. The lowest BCUT2D eigenvalue weighted by molar-refractivity contribution is -0.142. The molecule has 3 nitrogen and oxygen atoms in total. The Kier molecular flexibility index (Phi) is 17.7. The Morgan fingerprint density at radius 2 is 1.20 bits per heavy atom. The van der Waals surface area contributed by atoms with E-state index in [2.05, 4.69) is 19.2 Å². The van der Waals surface area contributed by atoms with Gasteiger partial charge in [-0.2, -0.15) is 0 Å². The molecule has 0 bridgehead atoms. The van der Waals surface area contributed by atoms with Crippen LogP contribution in [-0.2, 0) is 4.79 Å². The molecule has 0 aromatic carbocycles. The third-order valence-corrected chi connectivity index (χ3v) is 4.38. The fraction of sp³-hybridized carbons (Fsp3) is 0.682. The lowest BCUT2D eigenvalue weighted by atomic mass is 9.95. The molecule has 144 valence electrons. The van der Waals surface area contributed by atoms with Gasteiger partial charge in [0.1, 0.15) is 0 Å². The fourth-order valence-corrected chi connectivity index (χ4v) is 2.79. The first-order chi connectivity index (χ1) is 12.2. The number of carboxylic acids is 1. The maximum atomic E-state index is 11.1. The van der Waals surface area contributed by atoms with E-state index in [1.165, 1.54) is 51.4 Å². The third kappa shape index (κ3) is 17.1. The number of carbonyl (C=O) groups is 1. The lowest BCUT2D eigenvalue weighted by Crippen LogP contribution is -2.13. The summed E-state index contributed by atoms with van der Waals surface area (Å²) in [6.45, 7) is 4.39. The average molecular weight is 350 g/mol. The predicted octanol–water partition coefficient (Wildman–Crippen LogP) is 6.58. The number of hydrogen-bond donors (Lipinski definition) is 2. The Morgan fingerprint density at radius 1 is 0.760 bits per heavy atom. The van der Waals surface area contributed by atoms with E-state index < -0.39 is 5.97 Å². The SMILES string of the molecule is C1=CC=CNC=C1.CCCCCCCCCC(CCCCC)C(=O)O. The fourth-order valence-electron chi connectivity index (χ4n) is 2.79. The topological polar surface area (TPSA) is 49.3 Å². The number of allylic oxidation sites excluding steroid dienone is 4. The summed E-state index contributed by atoms with van der Waals surface area (Å²) in [5.41, 5.74) is 0. The minimum absolute atomic E-state index is 0.0906. The molecule has 1 rings (SSSR count). The van der Waals surface area contributed by atoms with Gasteiger partial charge in [-0.25, -0.2) is 0 Å². The highest BCUT2D eigenvalue weighted by atomic mass is 16.4. The van der Waals surface area contributed by atoms with Crippen molar-refractivity contribution >= 4 is 5.97 Å². The second-order valence-corrected chi connectivity index (χ2v) is 6.71. The number of rotatable bonds is 13. The van der Waals surface area contributed by atoms with Crippen molar-refractivity contribution in [3.05, 3.63) is 36.7 Å². The molecule has 0 aromatic heterocycles. The van der Waals surface area contributed by atoms with Gasteiger partial charge >= 0.3 is 5.97 Å². The van der Waals surface area contributed by atoms with Crippen molar-refractivity contribution in [2.24, 2.45) is 5.92 Å². The van der Waals surface area contributed by atoms with Crippen LogP contribution in [0.3, 0.4) is 0 Å². The van der Waals surface area contributed by atoms with E-state index in [-0.39, 0.29) is 5.92 Å². The van der Waals surface area contributed by atoms with Crippen LogP contribution in [0.5, 0.6) is 0 Å². The molecule has 0 amide bonds. The van der Waals surface area contributed by atoms with Crippen molar-refractivity contribution < 1.29 is 9.90 Å². The van der Waals surface area contributed by atoms with E-state index in [1.54, 1.807) is 0 Å². The molecular formula is C22H39NO2. The van der Waals surface area contributed by atoms with E-state index in [1.807, 2.05) is 36.7 Å². The Morgan fingerprint density at radius 3 is 1.72 bits per heavy atom. The van der Waals surface area contributed by atoms with Crippen LogP contribution in [0.15, 0.2) is 36.7 Å². The Bertz CT molecular complexity index is 371. The molecule has 0 fully saturated rings. The summed E-state index contributed by atoms with van der Waals surface area (Å²) < 4.78 is 0. The molecule has 3 heteroatoms. The maximum Gasteiger partial charge on any atom is 0.306 e. The summed E-state index contributed by atoms with van der Waals surface area (Å²) in [6.07, 6.45) is 25.6. The van der Waals surface area contributed by atoms with E-state index in [0.717, 1.165) is 25.7 Å². The molecule has 1 aliphatic rings. The second-order valence-electron chi connectivity index (χ2n) is 6.71. The lowest BCUT2D eigenvalue weighted by Gasteiger charge is -2.11. The van der Waals surface area contributed by atoms with Crippen LogP contribution in [0.25, 0.3) is 0 Å². The van der Waals surface area contributed by atoms with Crippen LogP contribution >= 0.6 is 0 Å². The molecule has 1 atom stereocenters. The Balaban J connectivity index is 0.000000676. The van der Waals surface area contributed by atoms with Crippen LogP contribution in [0, 0.1) is 5.92 Å². The predicted molar refractivity (Wildman–Crippen MR) is 108 cm³/mol. The van der Waals surface area contributed by atoms with Gasteiger partial charge in [0.05, 0.1) is 5.92 Å². The minimum atomic E-state index is -0.586. The second kappa shape index (κ2) is 18.8. The van der Waals surface area contributed by atoms with E-state index in [9.17, 15) is 4.79 Å². The van der Waals surface area contributed by atoms with Crippen molar-refractivity contribution in [3.63, 3.8) is 0 Å². The van der Waals surface area contributed by atoms with E-state index >= 15 is 0 Å². The molecule has 25 heavy (non-hydrogen) atoms. The van der Waals surface area contributed by atoms with E-state index in [4.69, 9.17) is 5.11 Å². The number of unbranched alkanes of at least 4 members (excludes halogenated alkanes) is 8. The molecule has 1 aliphatic heterocycles. The highest BCUT2D eigenvalue weighted by Crippen LogP contribution is 2.18. The number of aliphatic carboxylic acids is 1. The van der Waals surface area contributed by atoms with Gasteiger partial charge in [0.2, 0.25) is 0 Å². The first-order valence-electron chi connectivity index (χ1n) is 10.2. The quantitative estimate of drug-likeness (QED) is 0.369. The Labute approximate surface area is 155 Å². The van der Waals surface area contributed by atoms with Gasteiger partial charge in [-0.05, 0) is 25.0 Å². The maximum absolute atomic E-state index is 11.1. The summed E-state index contributed by atoms with van der Waals surface area (Å²) in [6, 6.07) is 0. The molecule has 1 heterocycles. The average Bonchev–Trinajstić information content (AvgIpc) is 2.92. The molecule has 0 radical (unpaired) electrons. The van der Waals surface area contributed by atoms with Crippen molar-refractivity contribution in [2.75, 3.05) is 0 Å². The third-order valence-electron chi connectivity index (χ3n) is 4.38. The van der Waals surface area contributed by atoms with Crippen molar-refractivity contribution in [3.8, 4) is 0 Å². The van der Waals surface area contributed by atoms with Crippen molar-refractivity contribution in [1.82, 2.24) is 5.32 Å². The molecule has 0 spiro atoms. The molecule has 2 N–H and O–H groups in total. The summed E-state index contributed by atoms with van der Waals surface area (Å²) in [4.78, 5) is 11.1. The summed E-state index contributed by atoms with van der Waals surface area (Å²) in [5, 5.41) is 12.1. The van der Waals surface area contributed by atoms with Gasteiger partial charge in [0.25, 0.3) is 0 Å². The van der Waals surface area contributed by atoms with Crippen LogP contribution in [0.1, 0.15) is 90.9 Å².